The van der Waals surface area contributed by atoms with Gasteiger partial charge in [0.1, 0.15) is 5.01 Å². The fourth-order valence-electron chi connectivity index (χ4n) is 4.23. The van der Waals surface area contributed by atoms with Crippen molar-refractivity contribution < 1.29 is 4.79 Å². The summed E-state index contributed by atoms with van der Waals surface area (Å²) >= 11 is 1.55. The lowest BCUT2D eigenvalue weighted by Crippen LogP contribution is -2.48. The van der Waals surface area contributed by atoms with Crippen molar-refractivity contribution in [1.29, 1.82) is 0 Å². The minimum Gasteiger partial charge on any atom is -0.369 e. The number of para-hydroxylation sites is 1. The number of carbonyl (C=O) groups excluding carboxylic acids is 1. The molecular formula is C21H29N5OS. The van der Waals surface area contributed by atoms with Gasteiger partial charge >= 0.3 is 0 Å². The van der Waals surface area contributed by atoms with Crippen molar-refractivity contribution in [1.82, 2.24) is 15.1 Å². The third kappa shape index (κ3) is 4.70. The molecule has 2 aliphatic rings. The van der Waals surface area contributed by atoms with E-state index < -0.39 is 0 Å². The van der Waals surface area contributed by atoms with Crippen molar-refractivity contribution in [3.63, 3.8) is 0 Å². The largest absolute Gasteiger partial charge is 0.369 e. The zero-order valence-corrected chi connectivity index (χ0v) is 17.4. The first kappa shape index (κ1) is 19.3. The van der Waals surface area contributed by atoms with Crippen molar-refractivity contribution in [3.8, 4) is 0 Å². The van der Waals surface area contributed by atoms with Crippen LogP contribution in [0.25, 0.3) is 0 Å². The molecule has 28 heavy (non-hydrogen) atoms. The molecule has 2 aromatic rings. The highest BCUT2D eigenvalue weighted by Gasteiger charge is 2.22. The van der Waals surface area contributed by atoms with Crippen LogP contribution in [-0.4, -0.2) is 53.7 Å². The number of piperazine rings is 1. The fourth-order valence-corrected chi connectivity index (χ4v) is 5.16. The van der Waals surface area contributed by atoms with Crippen LogP contribution >= 0.6 is 11.3 Å². The van der Waals surface area contributed by atoms with Gasteiger partial charge < -0.3 is 4.90 Å². The molecule has 0 spiro atoms. The third-order valence-electron chi connectivity index (χ3n) is 5.84. The van der Waals surface area contributed by atoms with Crippen LogP contribution in [0.5, 0.6) is 0 Å². The number of aromatic nitrogens is 2. The average molecular weight is 400 g/mol. The third-order valence-corrected chi connectivity index (χ3v) is 6.84. The van der Waals surface area contributed by atoms with Crippen molar-refractivity contribution in [3.05, 3.63) is 34.8 Å². The van der Waals surface area contributed by atoms with Crippen LogP contribution in [0.1, 0.15) is 48.6 Å². The van der Waals surface area contributed by atoms with E-state index >= 15 is 0 Å². The summed E-state index contributed by atoms with van der Waals surface area (Å²) < 4.78 is 0. The molecule has 7 heteroatoms. The molecule has 2 fully saturated rings. The van der Waals surface area contributed by atoms with Gasteiger partial charge in [-0.2, -0.15) is 0 Å². The molecule has 1 amide bonds. The standard InChI is InChI=1S/C21H29N5OS/c1-16-7-5-6-10-18(16)26-13-11-25(12-14-26)15-19(27)22-21-24-23-20(28-21)17-8-3-2-4-9-17/h5-7,10,17H,2-4,8-9,11-15H2,1H3,(H,22,24,27). The second-order valence-electron chi connectivity index (χ2n) is 7.88. The Morgan fingerprint density at radius 1 is 1.11 bits per heavy atom. The maximum atomic E-state index is 12.4. The number of carbonyl (C=O) groups is 1. The first-order valence-electron chi connectivity index (χ1n) is 10.4. The summed E-state index contributed by atoms with van der Waals surface area (Å²) in [6, 6.07) is 8.49. The van der Waals surface area contributed by atoms with Crippen LogP contribution in [0.15, 0.2) is 24.3 Å². The van der Waals surface area contributed by atoms with Gasteiger partial charge in [-0.3, -0.25) is 15.0 Å². The normalized spacial score (nSPS) is 19.0. The first-order chi connectivity index (χ1) is 13.7. The smallest absolute Gasteiger partial charge is 0.240 e. The molecule has 1 N–H and O–H groups in total. The van der Waals surface area contributed by atoms with Crippen molar-refractivity contribution in [2.75, 3.05) is 42.9 Å². The lowest BCUT2D eigenvalue weighted by Gasteiger charge is -2.36. The summed E-state index contributed by atoms with van der Waals surface area (Å²) in [6.07, 6.45) is 6.29. The summed E-state index contributed by atoms with van der Waals surface area (Å²) in [6.45, 7) is 6.25. The van der Waals surface area contributed by atoms with E-state index in [2.05, 4.69) is 56.5 Å². The van der Waals surface area contributed by atoms with Crippen LogP contribution in [0.3, 0.4) is 0 Å². The number of nitrogens with zero attached hydrogens (tertiary/aromatic N) is 4. The summed E-state index contributed by atoms with van der Waals surface area (Å²) in [5, 5.41) is 13.2. The highest BCUT2D eigenvalue weighted by atomic mass is 32.1. The Kier molecular flexibility index (Phi) is 6.22. The fraction of sp³-hybridized carbons (Fsp3) is 0.571. The second-order valence-corrected chi connectivity index (χ2v) is 8.89. The molecule has 1 saturated carbocycles. The Balaban J connectivity index is 1.25. The number of hydrogen-bond acceptors (Lipinski definition) is 6. The Hall–Kier alpha value is -1.99. The number of aryl methyl sites for hydroxylation is 1. The summed E-state index contributed by atoms with van der Waals surface area (Å²) in [7, 11) is 0. The van der Waals surface area contributed by atoms with Gasteiger partial charge in [-0.1, -0.05) is 48.8 Å². The summed E-state index contributed by atoms with van der Waals surface area (Å²) in [4.78, 5) is 17.1. The Morgan fingerprint density at radius 2 is 1.86 bits per heavy atom. The Labute approximate surface area is 171 Å². The number of nitrogens with one attached hydrogen (secondary N) is 1. The van der Waals surface area contributed by atoms with E-state index in [1.807, 2.05) is 0 Å². The monoisotopic (exact) mass is 399 g/mol. The van der Waals surface area contributed by atoms with Crippen LogP contribution in [0.2, 0.25) is 0 Å². The van der Waals surface area contributed by atoms with Gasteiger partial charge in [-0.25, -0.2) is 0 Å². The van der Waals surface area contributed by atoms with Gasteiger partial charge in [-0.15, -0.1) is 10.2 Å². The molecule has 1 aliphatic heterocycles. The topological polar surface area (TPSA) is 61.4 Å². The molecule has 0 bridgehead atoms. The van der Waals surface area contributed by atoms with E-state index in [0.717, 1.165) is 31.2 Å². The minimum absolute atomic E-state index is 0.00989. The van der Waals surface area contributed by atoms with E-state index in [-0.39, 0.29) is 5.91 Å². The number of hydrogen-bond donors (Lipinski definition) is 1. The van der Waals surface area contributed by atoms with E-state index in [4.69, 9.17) is 0 Å². The lowest BCUT2D eigenvalue weighted by molar-refractivity contribution is -0.117. The predicted molar refractivity (Wildman–Crippen MR) is 114 cm³/mol. The predicted octanol–water partition coefficient (Wildman–Crippen LogP) is 3.65. The number of benzene rings is 1. The maximum Gasteiger partial charge on any atom is 0.240 e. The minimum atomic E-state index is 0.00989. The lowest BCUT2D eigenvalue weighted by atomic mass is 9.90. The highest BCUT2D eigenvalue weighted by molar-refractivity contribution is 7.15. The second kappa shape index (κ2) is 9.01. The van der Waals surface area contributed by atoms with Gasteiger partial charge in [-0.05, 0) is 31.4 Å². The van der Waals surface area contributed by atoms with Crippen LogP contribution < -0.4 is 10.2 Å². The molecule has 0 atom stereocenters. The van der Waals surface area contributed by atoms with Gasteiger partial charge in [0.2, 0.25) is 11.0 Å². The molecule has 1 aromatic carbocycles. The Bertz CT molecular complexity index is 794. The molecular weight excluding hydrogens is 370 g/mol. The zero-order chi connectivity index (χ0) is 19.3. The molecule has 1 aromatic heterocycles. The van der Waals surface area contributed by atoms with E-state index in [9.17, 15) is 4.79 Å². The summed E-state index contributed by atoms with van der Waals surface area (Å²) in [5.74, 6) is 0.544. The quantitative estimate of drug-likeness (QED) is 0.831. The van der Waals surface area contributed by atoms with Crippen LogP contribution in [0.4, 0.5) is 10.8 Å². The maximum absolute atomic E-state index is 12.4. The van der Waals surface area contributed by atoms with Gasteiger partial charge in [0.15, 0.2) is 0 Å². The van der Waals surface area contributed by atoms with Crippen molar-refractivity contribution in [2.24, 2.45) is 0 Å². The molecule has 4 rings (SSSR count). The Morgan fingerprint density at radius 3 is 2.61 bits per heavy atom. The number of anilines is 2. The highest BCUT2D eigenvalue weighted by Crippen LogP contribution is 2.35. The van der Waals surface area contributed by atoms with Crippen molar-refractivity contribution >= 4 is 28.1 Å². The van der Waals surface area contributed by atoms with Gasteiger partial charge in [0.25, 0.3) is 0 Å². The molecule has 0 radical (unpaired) electrons. The molecule has 150 valence electrons. The molecule has 1 saturated heterocycles. The SMILES string of the molecule is Cc1ccccc1N1CCN(CC(=O)Nc2nnc(C3CCCCC3)s2)CC1. The average Bonchev–Trinajstić information content (AvgIpc) is 3.18. The summed E-state index contributed by atoms with van der Waals surface area (Å²) in [5.41, 5.74) is 2.61. The van der Waals surface area contributed by atoms with Crippen molar-refractivity contribution in [2.45, 2.75) is 44.9 Å². The van der Waals surface area contributed by atoms with E-state index in [1.54, 1.807) is 11.3 Å². The van der Waals surface area contributed by atoms with Gasteiger partial charge in [0, 0.05) is 37.8 Å². The molecule has 2 heterocycles. The van der Waals surface area contributed by atoms with Crippen LogP contribution in [0, 0.1) is 6.92 Å². The molecule has 0 unspecified atom stereocenters. The first-order valence-corrected chi connectivity index (χ1v) is 11.2. The molecule has 1 aliphatic carbocycles. The number of rotatable bonds is 5. The zero-order valence-electron chi connectivity index (χ0n) is 16.6. The van der Waals surface area contributed by atoms with Gasteiger partial charge in [0.05, 0.1) is 6.54 Å². The molecule has 6 nitrogen and oxygen atoms in total. The van der Waals surface area contributed by atoms with Crippen LogP contribution in [-0.2, 0) is 4.79 Å². The number of amides is 1. The van der Waals surface area contributed by atoms with E-state index in [1.165, 1.54) is 43.4 Å². The van der Waals surface area contributed by atoms with E-state index in [0.29, 0.717) is 17.6 Å².